The fourth-order valence-corrected chi connectivity index (χ4v) is 3.29. The molecule has 0 unspecified atom stereocenters. The molecule has 7 heteroatoms. The number of halogens is 2. The van der Waals surface area contributed by atoms with Crippen molar-refractivity contribution in [3.63, 3.8) is 0 Å². The number of allylic oxidation sites excluding steroid dienone is 2. The van der Waals surface area contributed by atoms with Gasteiger partial charge in [-0.2, -0.15) is 0 Å². The van der Waals surface area contributed by atoms with E-state index in [0.29, 0.717) is 6.42 Å². The highest BCUT2D eigenvalue weighted by Gasteiger charge is 2.27. The number of nitrogens with one attached hydrogen (secondary N) is 2. The van der Waals surface area contributed by atoms with E-state index in [0.717, 1.165) is 32.1 Å². The molecule has 0 aliphatic heterocycles. The van der Waals surface area contributed by atoms with Gasteiger partial charge in [0.2, 0.25) is 11.8 Å². The second kappa shape index (κ2) is 10.8. The van der Waals surface area contributed by atoms with Gasteiger partial charge in [0.1, 0.15) is 0 Å². The summed E-state index contributed by atoms with van der Waals surface area (Å²) in [4.78, 5) is 23.1. The first-order chi connectivity index (χ1) is 10.2. The first kappa shape index (κ1) is 22.1. The quantitative estimate of drug-likeness (QED) is 0.173. The molecule has 0 aromatic carbocycles. The van der Waals surface area contributed by atoms with Gasteiger partial charge in [-0.3, -0.25) is 16.6 Å². The van der Waals surface area contributed by atoms with Gasteiger partial charge in [0.05, 0.1) is 51.3 Å². The van der Waals surface area contributed by atoms with E-state index < -0.39 is 5.54 Å². The molecule has 0 saturated heterocycles. The van der Waals surface area contributed by atoms with Gasteiger partial charge in [-0.25, -0.2) is 0 Å². The molecular weight excluding hydrogens is 508 g/mol. The van der Waals surface area contributed by atoms with Gasteiger partial charge < -0.3 is 5.73 Å². The molecule has 0 bridgehead atoms. The average molecular weight is 535 g/mol. The molecule has 0 aliphatic carbocycles. The molecule has 1 atom stereocenters. The van der Waals surface area contributed by atoms with Crippen molar-refractivity contribution in [3.05, 3.63) is 12.2 Å². The van der Waals surface area contributed by atoms with Gasteiger partial charge in [-0.15, -0.1) is 0 Å². The van der Waals surface area contributed by atoms with Gasteiger partial charge in [0.15, 0.2) is 0 Å². The minimum atomic E-state index is -0.800. The Morgan fingerprint density at radius 3 is 1.86 bits per heavy atom. The fraction of sp³-hybridized carbons (Fsp3) is 0.733. The van der Waals surface area contributed by atoms with E-state index in [1.54, 1.807) is 6.92 Å². The highest BCUT2D eigenvalue weighted by atomic mass is 127. The van der Waals surface area contributed by atoms with Crippen molar-refractivity contribution in [2.24, 2.45) is 11.1 Å². The largest absolute Gasteiger partial charge is 0.318 e. The Bertz CT molecular complexity index is 360. The van der Waals surface area contributed by atoms with E-state index in [2.05, 4.69) is 19.2 Å². The number of hydrogen-bond acceptors (Lipinski definition) is 3. The third-order valence-electron chi connectivity index (χ3n) is 3.71. The van der Waals surface area contributed by atoms with Crippen LogP contribution in [0.5, 0.6) is 0 Å². The molecule has 4 N–H and O–H groups in total. The van der Waals surface area contributed by atoms with Crippen LogP contribution in [-0.4, -0.2) is 17.4 Å². The van der Waals surface area contributed by atoms with Gasteiger partial charge >= 0.3 is 0 Å². The molecule has 0 rings (SSSR count). The molecule has 0 saturated carbocycles. The van der Waals surface area contributed by atoms with Crippen molar-refractivity contribution in [3.8, 4) is 0 Å². The van der Waals surface area contributed by atoms with E-state index in [1.165, 1.54) is 0 Å². The summed E-state index contributed by atoms with van der Waals surface area (Å²) in [5, 5.41) is 0. The zero-order chi connectivity index (χ0) is 17.2. The van der Waals surface area contributed by atoms with E-state index >= 15 is 0 Å². The summed E-state index contributed by atoms with van der Waals surface area (Å²) >= 11 is 3.70. The van der Waals surface area contributed by atoms with Crippen LogP contribution in [-0.2, 0) is 9.59 Å². The SMILES string of the molecule is CC(C)(CCC/C=C/CCC[C@](C)(N)C(=O)NI)C(=O)NI. The zero-order valence-corrected chi connectivity index (χ0v) is 17.9. The maximum absolute atomic E-state index is 11.6. The Labute approximate surface area is 161 Å². The van der Waals surface area contributed by atoms with Gasteiger partial charge in [-0.1, -0.05) is 26.0 Å². The maximum atomic E-state index is 11.6. The molecule has 0 spiro atoms. The van der Waals surface area contributed by atoms with Crippen LogP contribution in [0.4, 0.5) is 0 Å². The molecule has 0 aromatic heterocycles. The van der Waals surface area contributed by atoms with Crippen molar-refractivity contribution in [2.75, 3.05) is 0 Å². The molecule has 5 nitrogen and oxygen atoms in total. The molecule has 0 aromatic rings. The topological polar surface area (TPSA) is 84.2 Å². The van der Waals surface area contributed by atoms with Crippen LogP contribution in [0.1, 0.15) is 59.3 Å². The summed E-state index contributed by atoms with van der Waals surface area (Å²) in [6, 6.07) is 0. The molecule has 0 aliphatic rings. The van der Waals surface area contributed by atoms with Gasteiger partial charge in [-0.05, 0) is 45.4 Å². The van der Waals surface area contributed by atoms with Crippen LogP contribution in [0, 0.1) is 5.41 Å². The third kappa shape index (κ3) is 8.66. The average Bonchev–Trinajstić information content (AvgIpc) is 2.47. The van der Waals surface area contributed by atoms with E-state index in [9.17, 15) is 9.59 Å². The zero-order valence-electron chi connectivity index (χ0n) is 13.5. The van der Waals surface area contributed by atoms with Gasteiger partial charge in [0.25, 0.3) is 0 Å². The number of unbranched alkanes of at least 4 members (excludes halogenated alkanes) is 2. The van der Waals surface area contributed by atoms with Crippen LogP contribution in [0.3, 0.4) is 0 Å². The van der Waals surface area contributed by atoms with E-state index in [1.807, 2.05) is 59.6 Å². The van der Waals surface area contributed by atoms with E-state index in [-0.39, 0.29) is 17.2 Å². The molecule has 128 valence electrons. The van der Waals surface area contributed by atoms with Crippen molar-refractivity contribution in [2.45, 2.75) is 64.8 Å². The van der Waals surface area contributed by atoms with Crippen LogP contribution < -0.4 is 12.8 Å². The maximum Gasteiger partial charge on any atom is 0.248 e. The molecule has 0 fully saturated rings. The Balaban J connectivity index is 3.86. The molecule has 2 amide bonds. The number of amides is 2. The molecule has 0 radical (unpaired) electrons. The molecular formula is C15H27I2N3O2. The third-order valence-corrected chi connectivity index (χ3v) is 4.69. The number of hydrogen-bond donors (Lipinski definition) is 3. The predicted molar refractivity (Wildman–Crippen MR) is 108 cm³/mol. The lowest BCUT2D eigenvalue weighted by atomic mass is 9.86. The van der Waals surface area contributed by atoms with Crippen LogP contribution in [0.2, 0.25) is 0 Å². The summed E-state index contributed by atoms with van der Waals surface area (Å²) in [5.41, 5.74) is 4.83. The summed E-state index contributed by atoms with van der Waals surface area (Å²) in [7, 11) is 0. The van der Waals surface area contributed by atoms with Gasteiger partial charge in [0, 0.05) is 5.41 Å². The number of carbonyl (C=O) groups is 2. The second-order valence-corrected chi connectivity index (χ2v) is 7.48. The summed E-state index contributed by atoms with van der Waals surface area (Å²) < 4.78 is 5.23. The van der Waals surface area contributed by atoms with Crippen LogP contribution in [0.25, 0.3) is 0 Å². The van der Waals surface area contributed by atoms with Crippen LogP contribution >= 0.6 is 45.7 Å². The first-order valence-electron chi connectivity index (χ1n) is 7.43. The minimum Gasteiger partial charge on any atom is -0.318 e. The lowest BCUT2D eigenvalue weighted by molar-refractivity contribution is -0.127. The number of rotatable bonds is 10. The smallest absolute Gasteiger partial charge is 0.248 e. The Kier molecular flexibility index (Phi) is 10.8. The first-order valence-corrected chi connectivity index (χ1v) is 9.59. The Morgan fingerprint density at radius 1 is 0.955 bits per heavy atom. The number of carbonyl (C=O) groups excluding carboxylic acids is 2. The summed E-state index contributed by atoms with van der Waals surface area (Å²) in [5.74, 6) is -0.0549. The number of nitrogens with two attached hydrogens (primary N) is 1. The summed E-state index contributed by atoms with van der Waals surface area (Å²) in [6.07, 6.45) is 9.55. The Morgan fingerprint density at radius 2 is 1.41 bits per heavy atom. The highest BCUT2D eigenvalue weighted by Crippen LogP contribution is 2.24. The standard InChI is InChI=1S/C15H27I2N3O2/c1-14(2,12(21)19-16)10-8-6-4-5-7-9-11-15(3,18)13(22)20-17/h4-5H,6-11,18H2,1-3H3,(H,19,21)(H,20,22)/b5-4+/t15-/m0/s1. The Hall–Kier alpha value is 0.1000. The highest BCUT2D eigenvalue weighted by molar-refractivity contribution is 14.1. The lowest BCUT2D eigenvalue weighted by Crippen LogP contribution is -2.48. The van der Waals surface area contributed by atoms with Crippen molar-refractivity contribution < 1.29 is 9.59 Å². The predicted octanol–water partition coefficient (Wildman–Crippen LogP) is 3.56. The molecule has 22 heavy (non-hydrogen) atoms. The van der Waals surface area contributed by atoms with Crippen molar-refractivity contribution >= 4 is 57.5 Å². The second-order valence-electron chi connectivity index (χ2n) is 6.40. The minimum absolute atomic E-state index is 0.0767. The summed E-state index contributed by atoms with van der Waals surface area (Å²) in [6.45, 7) is 5.68. The van der Waals surface area contributed by atoms with Crippen molar-refractivity contribution in [1.29, 1.82) is 0 Å². The lowest BCUT2D eigenvalue weighted by Gasteiger charge is -2.21. The monoisotopic (exact) mass is 535 g/mol. The fourth-order valence-electron chi connectivity index (χ4n) is 1.95. The van der Waals surface area contributed by atoms with E-state index in [4.69, 9.17) is 5.73 Å². The van der Waals surface area contributed by atoms with Crippen LogP contribution in [0.15, 0.2) is 12.2 Å². The van der Waals surface area contributed by atoms with Crippen molar-refractivity contribution in [1.82, 2.24) is 7.06 Å². The normalized spacial score (nSPS) is 14.6. The molecule has 0 heterocycles.